The van der Waals surface area contributed by atoms with Gasteiger partial charge in [0, 0.05) is 23.3 Å². The fraction of sp³-hybridized carbons (Fsp3) is 0.217. The molecular formula is C23H24N2O3. The Kier molecular flexibility index (Phi) is 6.63. The van der Waals surface area contributed by atoms with Gasteiger partial charge in [-0.05, 0) is 30.0 Å². The Balaban J connectivity index is 1.61. The lowest BCUT2D eigenvalue weighted by Gasteiger charge is -2.12. The normalized spacial score (nSPS) is 10.5. The third kappa shape index (κ3) is 4.88. The van der Waals surface area contributed by atoms with Crippen LogP contribution in [-0.2, 0) is 9.53 Å². The third-order valence-electron chi connectivity index (χ3n) is 4.39. The minimum atomic E-state index is -0.521. The van der Waals surface area contributed by atoms with E-state index in [1.165, 1.54) is 0 Å². The van der Waals surface area contributed by atoms with Crippen molar-refractivity contribution in [3.63, 3.8) is 0 Å². The Hall–Kier alpha value is -3.34. The Morgan fingerprint density at radius 2 is 1.61 bits per heavy atom. The van der Waals surface area contributed by atoms with Crippen molar-refractivity contribution in [1.82, 2.24) is 0 Å². The van der Waals surface area contributed by atoms with E-state index in [4.69, 9.17) is 4.74 Å². The molecule has 0 aliphatic carbocycles. The van der Waals surface area contributed by atoms with Gasteiger partial charge in [0.25, 0.3) is 5.91 Å². The lowest BCUT2D eigenvalue weighted by molar-refractivity contribution is -0.119. The van der Waals surface area contributed by atoms with Crippen molar-refractivity contribution in [3.8, 4) is 0 Å². The fourth-order valence-corrected chi connectivity index (χ4v) is 2.94. The van der Waals surface area contributed by atoms with Crippen molar-refractivity contribution in [3.05, 3.63) is 72.3 Å². The number of amides is 1. The Labute approximate surface area is 164 Å². The highest BCUT2D eigenvalue weighted by Crippen LogP contribution is 2.23. The molecule has 0 bridgehead atoms. The van der Waals surface area contributed by atoms with Gasteiger partial charge in [0.15, 0.2) is 6.61 Å². The minimum Gasteiger partial charge on any atom is -0.452 e. The first-order chi connectivity index (χ1) is 13.7. The van der Waals surface area contributed by atoms with Crippen molar-refractivity contribution in [1.29, 1.82) is 0 Å². The predicted molar refractivity (Wildman–Crippen MR) is 113 cm³/mol. The molecule has 28 heavy (non-hydrogen) atoms. The Bertz CT molecular complexity index is 963. The smallest absolute Gasteiger partial charge is 0.340 e. The highest BCUT2D eigenvalue weighted by atomic mass is 16.5. The van der Waals surface area contributed by atoms with Crippen LogP contribution in [0.1, 0.15) is 30.1 Å². The van der Waals surface area contributed by atoms with E-state index in [9.17, 15) is 9.59 Å². The van der Waals surface area contributed by atoms with Crippen molar-refractivity contribution >= 4 is 34.0 Å². The second kappa shape index (κ2) is 9.55. The fourth-order valence-electron chi connectivity index (χ4n) is 2.94. The first-order valence-electron chi connectivity index (χ1n) is 9.46. The summed E-state index contributed by atoms with van der Waals surface area (Å²) in [5.74, 6) is -0.895. The van der Waals surface area contributed by atoms with Gasteiger partial charge in [-0.2, -0.15) is 0 Å². The van der Waals surface area contributed by atoms with Gasteiger partial charge in [-0.15, -0.1) is 0 Å². The Morgan fingerprint density at radius 3 is 2.46 bits per heavy atom. The van der Waals surface area contributed by atoms with Crippen LogP contribution >= 0.6 is 0 Å². The van der Waals surface area contributed by atoms with Gasteiger partial charge in [0.05, 0.1) is 5.56 Å². The Morgan fingerprint density at radius 1 is 0.893 bits per heavy atom. The molecule has 5 nitrogen and oxygen atoms in total. The van der Waals surface area contributed by atoms with E-state index >= 15 is 0 Å². The topological polar surface area (TPSA) is 67.4 Å². The molecule has 0 fully saturated rings. The van der Waals surface area contributed by atoms with Gasteiger partial charge in [-0.25, -0.2) is 4.79 Å². The zero-order valence-corrected chi connectivity index (χ0v) is 15.9. The number of nitrogens with one attached hydrogen (secondary N) is 2. The summed E-state index contributed by atoms with van der Waals surface area (Å²) in [7, 11) is 0. The van der Waals surface area contributed by atoms with Crippen molar-refractivity contribution < 1.29 is 14.3 Å². The third-order valence-corrected chi connectivity index (χ3v) is 4.39. The molecule has 3 rings (SSSR count). The second-order valence-electron chi connectivity index (χ2n) is 6.48. The summed E-state index contributed by atoms with van der Waals surface area (Å²) >= 11 is 0. The molecule has 5 heteroatoms. The second-order valence-corrected chi connectivity index (χ2v) is 6.48. The summed E-state index contributed by atoms with van der Waals surface area (Å²) in [5, 5.41) is 8.03. The van der Waals surface area contributed by atoms with E-state index in [0.717, 1.165) is 35.8 Å². The van der Waals surface area contributed by atoms with Crippen LogP contribution in [0.5, 0.6) is 0 Å². The van der Waals surface area contributed by atoms with Crippen LogP contribution in [-0.4, -0.2) is 25.0 Å². The molecule has 0 saturated heterocycles. The summed E-state index contributed by atoms with van der Waals surface area (Å²) in [4.78, 5) is 24.7. The number of carbonyl (C=O) groups is 2. The van der Waals surface area contributed by atoms with Crippen LogP contribution in [0.3, 0.4) is 0 Å². The quantitative estimate of drug-likeness (QED) is 0.436. The molecule has 144 valence electrons. The summed E-state index contributed by atoms with van der Waals surface area (Å²) in [5.41, 5.74) is 1.84. The lowest BCUT2D eigenvalue weighted by atomic mass is 10.1. The first-order valence-corrected chi connectivity index (χ1v) is 9.46. The number of anilines is 2. The van der Waals surface area contributed by atoms with Crippen LogP contribution in [0, 0.1) is 0 Å². The largest absolute Gasteiger partial charge is 0.452 e. The summed E-state index contributed by atoms with van der Waals surface area (Å²) < 4.78 is 5.23. The molecule has 0 unspecified atom stereocenters. The number of para-hydroxylation sites is 1. The average molecular weight is 376 g/mol. The lowest BCUT2D eigenvalue weighted by Crippen LogP contribution is -2.21. The molecule has 3 aromatic rings. The molecule has 0 atom stereocenters. The van der Waals surface area contributed by atoms with Crippen molar-refractivity contribution in [2.45, 2.75) is 19.8 Å². The van der Waals surface area contributed by atoms with E-state index < -0.39 is 5.97 Å². The molecule has 2 N–H and O–H groups in total. The van der Waals surface area contributed by atoms with Gasteiger partial charge in [-0.1, -0.05) is 61.9 Å². The highest BCUT2D eigenvalue weighted by molar-refractivity contribution is 6.03. The van der Waals surface area contributed by atoms with Crippen molar-refractivity contribution in [2.75, 3.05) is 23.8 Å². The predicted octanol–water partition coefficient (Wildman–Crippen LogP) is 4.85. The van der Waals surface area contributed by atoms with E-state index in [1.807, 2.05) is 54.6 Å². The van der Waals surface area contributed by atoms with E-state index in [2.05, 4.69) is 17.6 Å². The average Bonchev–Trinajstić information content (AvgIpc) is 2.73. The number of ether oxygens (including phenoxy) is 1. The van der Waals surface area contributed by atoms with Crippen molar-refractivity contribution in [2.24, 2.45) is 0 Å². The number of rotatable bonds is 8. The molecular weight excluding hydrogens is 352 g/mol. The zero-order chi connectivity index (χ0) is 19.8. The number of hydrogen-bond acceptors (Lipinski definition) is 4. The molecule has 0 heterocycles. The number of carbonyl (C=O) groups excluding carboxylic acids is 2. The number of unbranched alkanes of at least 4 members (excludes halogenated alkanes) is 1. The molecule has 0 aliphatic rings. The zero-order valence-electron chi connectivity index (χ0n) is 15.9. The summed E-state index contributed by atoms with van der Waals surface area (Å²) in [6, 6.07) is 20.6. The van der Waals surface area contributed by atoms with Crippen LogP contribution in [0.4, 0.5) is 11.4 Å². The van der Waals surface area contributed by atoms with Gasteiger partial charge in [0.2, 0.25) is 0 Å². The number of fused-ring (bicyclic) bond motifs is 1. The molecule has 0 aliphatic heterocycles. The van der Waals surface area contributed by atoms with Gasteiger partial charge >= 0.3 is 5.97 Å². The number of benzene rings is 3. The SMILES string of the molecule is CCCCNc1ccccc1C(=O)OCC(=O)Nc1cccc2ccccc12. The molecule has 0 saturated carbocycles. The van der Waals surface area contributed by atoms with E-state index in [0.29, 0.717) is 11.3 Å². The van der Waals surface area contributed by atoms with Crippen LogP contribution in [0.25, 0.3) is 10.8 Å². The van der Waals surface area contributed by atoms with Gasteiger partial charge < -0.3 is 15.4 Å². The van der Waals surface area contributed by atoms with Crippen LogP contribution < -0.4 is 10.6 Å². The summed E-state index contributed by atoms with van der Waals surface area (Å²) in [6.45, 7) is 2.55. The number of esters is 1. The molecule has 3 aromatic carbocycles. The highest BCUT2D eigenvalue weighted by Gasteiger charge is 2.14. The minimum absolute atomic E-state index is 0.342. The standard InChI is InChI=1S/C23H24N2O3/c1-2-3-15-24-20-13-7-6-12-19(20)23(27)28-16-22(26)25-21-14-8-10-17-9-4-5-11-18(17)21/h4-14,24H,2-3,15-16H2,1H3,(H,25,26). The van der Waals surface area contributed by atoms with Gasteiger partial charge in [-0.3, -0.25) is 4.79 Å². The maximum Gasteiger partial charge on any atom is 0.340 e. The number of hydrogen-bond donors (Lipinski definition) is 2. The molecule has 0 spiro atoms. The maximum absolute atomic E-state index is 12.4. The van der Waals surface area contributed by atoms with Gasteiger partial charge in [0.1, 0.15) is 0 Å². The first kappa shape index (κ1) is 19.4. The van der Waals surface area contributed by atoms with Crippen LogP contribution in [0.15, 0.2) is 66.7 Å². The monoisotopic (exact) mass is 376 g/mol. The molecule has 0 radical (unpaired) electrons. The van der Waals surface area contributed by atoms with Crippen LogP contribution in [0.2, 0.25) is 0 Å². The maximum atomic E-state index is 12.4. The molecule has 1 amide bonds. The summed E-state index contributed by atoms with van der Waals surface area (Å²) in [6.07, 6.45) is 2.07. The van der Waals surface area contributed by atoms with E-state index in [-0.39, 0.29) is 12.5 Å². The molecule has 0 aromatic heterocycles. The van der Waals surface area contributed by atoms with E-state index in [1.54, 1.807) is 12.1 Å².